The average molecular weight is 1740 g/mol. The summed E-state index contributed by atoms with van der Waals surface area (Å²) in [5, 5.41) is 44.3. The summed E-state index contributed by atoms with van der Waals surface area (Å²) >= 11 is 19.8. The number of fused-ring (bicyclic) bond motifs is 16. The van der Waals surface area contributed by atoms with Crippen molar-refractivity contribution in [3.63, 3.8) is 0 Å². The molecule has 124 heavy (non-hydrogen) atoms. The van der Waals surface area contributed by atoms with Crippen molar-refractivity contribution in [3.05, 3.63) is 283 Å². The number of ether oxygens (including phenoxy) is 16. The van der Waals surface area contributed by atoms with E-state index in [9.17, 15) is 39.6 Å². The Kier molecular flexibility index (Phi) is 19.9. The molecule has 12 aromatic carbocycles. The molecule has 0 spiro atoms. The number of carboxylic acids is 4. The van der Waals surface area contributed by atoms with E-state index in [1.807, 2.05) is 18.2 Å². The van der Waals surface area contributed by atoms with Crippen molar-refractivity contribution in [2.45, 2.75) is 101 Å². The van der Waals surface area contributed by atoms with Crippen molar-refractivity contribution in [3.8, 4) is 138 Å². The van der Waals surface area contributed by atoms with Crippen LogP contribution in [0.15, 0.2) is 188 Å². The van der Waals surface area contributed by atoms with Crippen molar-refractivity contribution < 1.29 is 115 Å². The molecule has 28 heteroatoms. The van der Waals surface area contributed by atoms with Crippen LogP contribution < -0.4 is 75.8 Å². The largest absolute Gasteiger partial charge is 0.478 e. The minimum atomic E-state index is -1.53. The van der Waals surface area contributed by atoms with Crippen molar-refractivity contribution in [1.29, 1.82) is 0 Å². The zero-order valence-corrected chi connectivity index (χ0v) is 69.0. The highest BCUT2D eigenvalue weighted by molar-refractivity contribution is 7.80. The predicted molar refractivity (Wildman–Crippen MR) is 461 cm³/mol. The second-order valence-electron chi connectivity index (χ2n) is 31.4. The molecule has 7 atom stereocenters. The molecule has 0 saturated heterocycles. The summed E-state index contributed by atoms with van der Waals surface area (Å²) in [5.74, 6) is -3.06. The van der Waals surface area contributed by atoms with E-state index in [1.54, 1.807) is 48.5 Å². The Balaban J connectivity index is 0.973. The third kappa shape index (κ3) is 14.9. The van der Waals surface area contributed by atoms with Crippen LogP contribution in [0.5, 0.6) is 138 Å². The van der Waals surface area contributed by atoms with Gasteiger partial charge < -0.3 is 96.2 Å². The molecule has 4 N–H and O–H groups in total. The van der Waals surface area contributed by atoms with Crippen LogP contribution in [0.2, 0.25) is 0 Å². The summed E-state index contributed by atoms with van der Waals surface area (Å²) < 4.78 is 117. The van der Waals surface area contributed by atoms with Crippen LogP contribution in [-0.4, -0.2) is 67.3 Å². The number of thiol groups is 4. The van der Waals surface area contributed by atoms with E-state index in [-0.39, 0.29) is 149 Å². The van der Waals surface area contributed by atoms with Crippen LogP contribution in [0.4, 0.5) is 0 Å². The fourth-order valence-corrected chi connectivity index (χ4v) is 18.4. The first-order chi connectivity index (χ1) is 60.3. The maximum absolute atomic E-state index is 13.6. The molecule has 24 nitrogen and oxygen atoms in total. The molecule has 21 rings (SSSR count). The van der Waals surface area contributed by atoms with Crippen LogP contribution in [-0.2, 0) is 12.8 Å². The second-order valence-corrected chi connectivity index (χ2v) is 33.2. The molecule has 1 aliphatic carbocycles. The predicted octanol–water partition coefficient (Wildman–Crippen LogP) is 23.2. The molecule has 8 heterocycles. The Bertz CT molecular complexity index is 6400. The van der Waals surface area contributed by atoms with Crippen LogP contribution in [0.25, 0.3) is 0 Å². The average Bonchev–Trinajstić information content (AvgIpc) is 0.723. The minimum Gasteiger partial charge on any atom is -0.478 e. The summed E-state index contributed by atoms with van der Waals surface area (Å²) in [4.78, 5) is 54.4. The zero-order valence-electron chi connectivity index (χ0n) is 65.4. The van der Waals surface area contributed by atoms with Gasteiger partial charge in [0.15, 0.2) is 0 Å². The zero-order chi connectivity index (χ0) is 84.4. The molecule has 624 valence electrons. The number of hydrogen-bond acceptors (Lipinski definition) is 24. The molecule has 0 radical (unpaired) electrons. The van der Waals surface area contributed by atoms with Crippen molar-refractivity contribution >= 4 is 74.4 Å². The van der Waals surface area contributed by atoms with E-state index < -0.39 is 66.8 Å². The normalized spacial score (nSPS) is 18.3. The first-order valence-corrected chi connectivity index (χ1v) is 42.9. The SMILES string of the molecule is O=C(O)c1cc2cc(c1)Oc1cc3cc(c1)C1Oc4cc5c6cc4C(CCCS)c4cc7c(cc4O1)OC1Oc4c(cc8c(c4CCCS)OC4Oc9cc(c(cc9C8CCCS)C6)OC(O5)c5cc(cc(c5)Oc5cc(cc(C(=O)O)c5)Oc5cc(cc4c5)Oc4cc(cc(C(=O)O)c4)Oc4cc(cc1c4)Oc1cc(cc(C(=O)O)c1)O3)O2)C7CCCS. The lowest BCUT2D eigenvalue weighted by molar-refractivity contribution is -0.0128. The summed E-state index contributed by atoms with van der Waals surface area (Å²) in [7, 11) is 0. The number of carbonyl (C=O) groups is 4. The van der Waals surface area contributed by atoms with Gasteiger partial charge in [0, 0.05) is 152 Å². The van der Waals surface area contributed by atoms with Gasteiger partial charge in [0.2, 0.25) is 0 Å². The fraction of sp³-hybridized carbons (Fsp3) is 0.208. The minimum absolute atomic E-state index is 0.0295. The lowest BCUT2D eigenvalue weighted by Crippen LogP contribution is -2.26. The number of benzene rings is 12. The molecule has 0 amide bonds. The standard InChI is InChI=1S/C96H72O24S4/c97-89(98)47-14-55-32-57(16-47)107-65-24-52-25-66(37-65)108-58-17-49(91(101)102)19-60(34-58)111-69-28-54-29-70(39-69)112-62-21-50(92(103)104)20-61(35-62)110-68-27-53-26-67(38-68)109-59-18-48(90(99)100)15-56(33-59)106-64-23-51(22-63(36-64)105-55)93-113-81-42-83-75-30-45(81)13-46-31-76-72(6-2-10-122)79-41-80-73(7-3-11-123)78-40-77(71(75)5-1-9-121)85(116-94(52)115-83)44-86(78)118-96(54)120-88(80)74(8-4-12-124)87(79)119-95(53)117-84(76)43-82(46)114-93/h14-44,71-73,93-96,121-124H,1-13H2,(H,97,98)(H,99,100)(H,101,102)(H,103,104). The highest BCUT2D eigenvalue weighted by atomic mass is 32.1. The summed E-state index contributed by atoms with van der Waals surface area (Å²) in [6.45, 7) is 0. The maximum Gasteiger partial charge on any atom is 0.335 e. The monoisotopic (exact) mass is 1740 g/mol. The molecule has 12 aromatic rings. The van der Waals surface area contributed by atoms with Gasteiger partial charge in [-0.2, -0.15) is 50.5 Å². The summed E-state index contributed by atoms with van der Waals surface area (Å²) in [5.41, 5.74) is 6.31. The first-order valence-electron chi connectivity index (χ1n) is 40.3. The van der Waals surface area contributed by atoms with Gasteiger partial charge in [-0.25, -0.2) is 19.2 Å². The summed E-state index contributed by atoms with van der Waals surface area (Å²) in [6.07, 6.45) is -2.03. The van der Waals surface area contributed by atoms with E-state index >= 15 is 0 Å². The Labute approximate surface area is 729 Å². The highest BCUT2D eigenvalue weighted by Gasteiger charge is 2.43. The number of hydrogen-bond donors (Lipinski definition) is 8. The van der Waals surface area contributed by atoms with Gasteiger partial charge in [-0.3, -0.25) is 0 Å². The molecule has 8 aliphatic heterocycles. The van der Waals surface area contributed by atoms with Gasteiger partial charge >= 0.3 is 23.9 Å². The van der Waals surface area contributed by atoms with Gasteiger partial charge in [0.05, 0.1) is 22.3 Å². The van der Waals surface area contributed by atoms with Crippen LogP contribution >= 0.6 is 50.5 Å². The highest BCUT2D eigenvalue weighted by Crippen LogP contribution is 2.60. The molecule has 0 saturated carbocycles. The van der Waals surface area contributed by atoms with Crippen LogP contribution in [0, 0.1) is 0 Å². The molecular weight excluding hydrogens is 1670 g/mol. The quantitative estimate of drug-likeness (QED) is 0.0417. The lowest BCUT2D eigenvalue weighted by atomic mass is 9.77. The van der Waals surface area contributed by atoms with Crippen molar-refractivity contribution in [2.75, 3.05) is 23.0 Å². The van der Waals surface area contributed by atoms with Gasteiger partial charge in [0.1, 0.15) is 138 Å². The number of carboxylic acid groups (broad SMARTS) is 4. The van der Waals surface area contributed by atoms with Crippen LogP contribution in [0.3, 0.4) is 0 Å². The molecule has 40 bridgehead atoms. The Hall–Kier alpha value is -13.3. The molecule has 9 aliphatic rings. The van der Waals surface area contributed by atoms with E-state index in [0.717, 1.165) is 27.8 Å². The van der Waals surface area contributed by atoms with E-state index in [4.69, 9.17) is 126 Å². The second kappa shape index (κ2) is 31.6. The number of aromatic carboxylic acids is 4. The smallest absolute Gasteiger partial charge is 0.335 e. The lowest BCUT2D eigenvalue weighted by Gasteiger charge is -2.38. The molecule has 7 unspecified atom stereocenters. The molecule has 0 fully saturated rings. The Morgan fingerprint density at radius 1 is 0.258 bits per heavy atom. The molecule has 0 aromatic heterocycles. The van der Waals surface area contributed by atoms with E-state index in [1.165, 1.54) is 97.1 Å². The van der Waals surface area contributed by atoms with Crippen molar-refractivity contribution in [1.82, 2.24) is 0 Å². The Morgan fingerprint density at radius 2 is 0.484 bits per heavy atom. The Morgan fingerprint density at radius 3 is 0.750 bits per heavy atom. The number of rotatable bonds is 16. The van der Waals surface area contributed by atoms with E-state index in [0.29, 0.717) is 136 Å². The third-order valence-corrected chi connectivity index (χ3v) is 24.3. The van der Waals surface area contributed by atoms with Gasteiger partial charge in [-0.1, -0.05) is 0 Å². The fourth-order valence-electron chi connectivity index (χ4n) is 17.7. The third-order valence-electron chi connectivity index (χ3n) is 23.0. The van der Waals surface area contributed by atoms with Gasteiger partial charge in [-0.05, 0) is 207 Å². The van der Waals surface area contributed by atoms with E-state index in [2.05, 4.69) is 24.3 Å². The topological polar surface area (TPSA) is 297 Å². The van der Waals surface area contributed by atoms with Gasteiger partial charge in [0.25, 0.3) is 25.2 Å². The van der Waals surface area contributed by atoms with Gasteiger partial charge in [-0.15, -0.1) is 0 Å². The maximum atomic E-state index is 13.6. The summed E-state index contributed by atoms with van der Waals surface area (Å²) in [6, 6.07) is 50.0. The first kappa shape index (κ1) is 78.0. The molecular formula is C96H72O24S4. The van der Waals surface area contributed by atoms with Crippen molar-refractivity contribution in [2.24, 2.45) is 0 Å². The van der Waals surface area contributed by atoms with Crippen LogP contribution in [0.1, 0.15) is 202 Å².